The van der Waals surface area contributed by atoms with Gasteiger partial charge in [-0.2, -0.15) is 5.10 Å². The molecule has 0 aliphatic rings. The highest BCUT2D eigenvalue weighted by molar-refractivity contribution is 7.07. The Morgan fingerprint density at radius 1 is 1.12 bits per heavy atom. The van der Waals surface area contributed by atoms with Crippen molar-refractivity contribution in [2.45, 2.75) is 27.7 Å². The molecule has 0 aliphatic carbocycles. The molecule has 3 rings (SSSR count). The minimum absolute atomic E-state index is 0.724. The van der Waals surface area contributed by atoms with Gasteiger partial charge in [-0.3, -0.25) is 4.99 Å². The lowest BCUT2D eigenvalue weighted by molar-refractivity contribution is 0.524. The first kappa shape index (κ1) is 16.5. The zero-order valence-electron chi connectivity index (χ0n) is 14.4. The molecule has 1 aromatic carbocycles. The first-order chi connectivity index (χ1) is 11.6. The molecule has 0 N–H and O–H groups in total. The number of furan rings is 1. The molecule has 0 atom stereocenters. The number of rotatable bonds is 4. The third-order valence-electron chi connectivity index (χ3n) is 3.67. The Balaban J connectivity index is 2.13. The maximum absolute atomic E-state index is 5.68. The van der Waals surface area contributed by atoms with Gasteiger partial charge in [0.25, 0.3) is 0 Å². The van der Waals surface area contributed by atoms with E-state index in [1.807, 2.05) is 37.6 Å². The molecule has 0 radical (unpaired) electrons. The van der Waals surface area contributed by atoms with E-state index >= 15 is 0 Å². The smallest absolute Gasteiger partial charge is 0.206 e. The Morgan fingerprint density at radius 3 is 2.50 bits per heavy atom. The van der Waals surface area contributed by atoms with Gasteiger partial charge in [0, 0.05) is 17.5 Å². The van der Waals surface area contributed by atoms with Crippen LogP contribution >= 0.6 is 11.3 Å². The summed E-state index contributed by atoms with van der Waals surface area (Å²) in [6.07, 6.45) is 0. The summed E-state index contributed by atoms with van der Waals surface area (Å²) in [5, 5.41) is 6.88. The lowest BCUT2D eigenvalue weighted by Gasteiger charge is -2.05. The summed E-state index contributed by atoms with van der Waals surface area (Å²) < 4.78 is 7.59. The molecule has 2 heterocycles. The van der Waals surface area contributed by atoms with Gasteiger partial charge in [0.2, 0.25) is 4.80 Å². The van der Waals surface area contributed by atoms with Crippen LogP contribution < -0.4 is 4.80 Å². The molecule has 0 bridgehead atoms. The third-order valence-corrected chi connectivity index (χ3v) is 4.53. The van der Waals surface area contributed by atoms with E-state index in [1.54, 1.807) is 11.3 Å². The molecule has 0 unspecified atom stereocenters. The summed E-state index contributed by atoms with van der Waals surface area (Å²) in [6, 6.07) is 12.4. The second kappa shape index (κ2) is 7.01. The molecule has 24 heavy (non-hydrogen) atoms. The lowest BCUT2D eigenvalue weighted by atomic mass is 10.1. The number of thiazole rings is 1. The fourth-order valence-corrected chi connectivity index (χ4v) is 3.29. The van der Waals surface area contributed by atoms with E-state index in [4.69, 9.17) is 9.52 Å². The standard InChI is InChI=1S/C19H21N3OS/c1-5-20-19-22(21-15(4)18-11-8-14(3)23-18)17(12-24-19)16-9-6-13(2)7-10-16/h6-12H,5H2,1-4H3/b20-19?,21-15+. The molecule has 0 spiro atoms. The van der Waals surface area contributed by atoms with Crippen molar-refractivity contribution in [3.8, 4) is 11.3 Å². The van der Waals surface area contributed by atoms with Crippen LogP contribution in [0.1, 0.15) is 30.9 Å². The van der Waals surface area contributed by atoms with Crippen LogP contribution in [-0.4, -0.2) is 16.9 Å². The van der Waals surface area contributed by atoms with Gasteiger partial charge in [0.1, 0.15) is 17.2 Å². The maximum atomic E-state index is 5.68. The van der Waals surface area contributed by atoms with Crippen LogP contribution in [0.3, 0.4) is 0 Å². The molecular weight excluding hydrogens is 318 g/mol. The molecule has 124 valence electrons. The summed E-state index contributed by atoms with van der Waals surface area (Å²) in [5.41, 5.74) is 4.23. The van der Waals surface area contributed by atoms with Crippen molar-refractivity contribution in [1.29, 1.82) is 0 Å². The summed E-state index contributed by atoms with van der Waals surface area (Å²) in [7, 11) is 0. The molecule has 0 saturated carbocycles. The molecule has 5 heteroatoms. The minimum atomic E-state index is 0.724. The largest absolute Gasteiger partial charge is 0.460 e. The zero-order chi connectivity index (χ0) is 17.1. The molecular formula is C19H21N3OS. The first-order valence-electron chi connectivity index (χ1n) is 7.99. The van der Waals surface area contributed by atoms with Gasteiger partial charge < -0.3 is 4.42 Å². The van der Waals surface area contributed by atoms with Crippen molar-refractivity contribution < 1.29 is 4.42 Å². The summed E-state index contributed by atoms with van der Waals surface area (Å²) in [6.45, 7) is 8.73. The Hall–Kier alpha value is -2.40. The lowest BCUT2D eigenvalue weighted by Crippen LogP contribution is -2.14. The van der Waals surface area contributed by atoms with Gasteiger partial charge in [0.05, 0.1) is 5.69 Å². The summed E-state index contributed by atoms with van der Waals surface area (Å²) in [4.78, 5) is 5.45. The predicted molar refractivity (Wildman–Crippen MR) is 99.6 cm³/mol. The SMILES string of the molecule is CCN=c1scc(-c2ccc(C)cc2)n1/N=C(\C)c1ccc(C)o1. The topological polar surface area (TPSA) is 42.8 Å². The Kier molecular flexibility index (Phi) is 4.81. The monoisotopic (exact) mass is 339 g/mol. The third kappa shape index (κ3) is 3.41. The van der Waals surface area contributed by atoms with Crippen LogP contribution in [0.2, 0.25) is 0 Å². The second-order valence-electron chi connectivity index (χ2n) is 5.65. The maximum Gasteiger partial charge on any atom is 0.206 e. The van der Waals surface area contributed by atoms with Gasteiger partial charge in [-0.05, 0) is 39.8 Å². The number of nitrogens with zero attached hydrogens (tertiary/aromatic N) is 3. The summed E-state index contributed by atoms with van der Waals surface area (Å²) >= 11 is 1.60. The number of aromatic nitrogens is 1. The van der Waals surface area contributed by atoms with E-state index in [1.165, 1.54) is 5.56 Å². The van der Waals surface area contributed by atoms with Crippen LogP contribution in [0.25, 0.3) is 11.3 Å². The Labute approximate surface area is 145 Å². The Bertz CT molecular complexity index is 926. The number of aryl methyl sites for hydroxylation is 2. The van der Waals surface area contributed by atoms with E-state index in [0.717, 1.165) is 39.8 Å². The van der Waals surface area contributed by atoms with Crippen molar-refractivity contribution in [3.63, 3.8) is 0 Å². The minimum Gasteiger partial charge on any atom is -0.460 e. The van der Waals surface area contributed by atoms with E-state index in [2.05, 4.69) is 41.6 Å². The average molecular weight is 339 g/mol. The second-order valence-corrected chi connectivity index (χ2v) is 6.49. The molecule has 3 aromatic rings. The van der Waals surface area contributed by atoms with Crippen molar-refractivity contribution in [1.82, 2.24) is 4.68 Å². The highest BCUT2D eigenvalue weighted by Crippen LogP contribution is 2.21. The molecule has 0 fully saturated rings. The quantitative estimate of drug-likeness (QED) is 0.640. The van der Waals surface area contributed by atoms with Gasteiger partial charge in [0.15, 0.2) is 0 Å². The molecule has 0 aliphatic heterocycles. The molecule has 0 amide bonds. The zero-order valence-corrected chi connectivity index (χ0v) is 15.2. The number of benzene rings is 1. The fraction of sp³-hybridized carbons (Fsp3) is 0.263. The Morgan fingerprint density at radius 2 is 1.88 bits per heavy atom. The van der Waals surface area contributed by atoms with Gasteiger partial charge in [-0.25, -0.2) is 4.68 Å². The molecule has 4 nitrogen and oxygen atoms in total. The van der Waals surface area contributed by atoms with Crippen LogP contribution in [-0.2, 0) is 0 Å². The van der Waals surface area contributed by atoms with Crippen LogP contribution in [0, 0.1) is 13.8 Å². The van der Waals surface area contributed by atoms with E-state index < -0.39 is 0 Å². The average Bonchev–Trinajstić information content (AvgIpc) is 3.16. The van der Waals surface area contributed by atoms with Crippen LogP contribution in [0.4, 0.5) is 0 Å². The van der Waals surface area contributed by atoms with Gasteiger partial charge in [-0.15, -0.1) is 11.3 Å². The van der Waals surface area contributed by atoms with Crippen molar-refractivity contribution in [3.05, 3.63) is 63.7 Å². The van der Waals surface area contributed by atoms with Crippen molar-refractivity contribution in [2.24, 2.45) is 10.1 Å². The normalized spacial score (nSPS) is 12.8. The predicted octanol–water partition coefficient (Wildman–Crippen LogP) is 4.62. The van der Waals surface area contributed by atoms with E-state index in [0.29, 0.717) is 0 Å². The number of hydrogen-bond donors (Lipinski definition) is 0. The molecule has 2 aromatic heterocycles. The van der Waals surface area contributed by atoms with Crippen molar-refractivity contribution in [2.75, 3.05) is 6.54 Å². The highest BCUT2D eigenvalue weighted by atomic mass is 32.1. The number of hydrogen-bond acceptors (Lipinski definition) is 4. The van der Waals surface area contributed by atoms with E-state index in [9.17, 15) is 0 Å². The molecule has 0 saturated heterocycles. The van der Waals surface area contributed by atoms with Crippen molar-refractivity contribution >= 4 is 17.0 Å². The highest BCUT2D eigenvalue weighted by Gasteiger charge is 2.10. The van der Waals surface area contributed by atoms with Gasteiger partial charge in [-0.1, -0.05) is 29.8 Å². The fourth-order valence-electron chi connectivity index (χ4n) is 2.39. The summed E-state index contributed by atoms with van der Waals surface area (Å²) in [5.74, 6) is 1.66. The van der Waals surface area contributed by atoms with Crippen LogP contribution in [0.15, 0.2) is 56.3 Å². The van der Waals surface area contributed by atoms with E-state index in [-0.39, 0.29) is 0 Å². The van der Waals surface area contributed by atoms with Gasteiger partial charge >= 0.3 is 0 Å². The van der Waals surface area contributed by atoms with Crippen LogP contribution in [0.5, 0.6) is 0 Å². The first-order valence-corrected chi connectivity index (χ1v) is 8.87.